The first-order valence-corrected chi connectivity index (χ1v) is 11.8. The summed E-state index contributed by atoms with van der Waals surface area (Å²) < 4.78 is 5.32. The molecule has 8 heteroatoms. The summed E-state index contributed by atoms with van der Waals surface area (Å²) in [5, 5.41) is 5.59. The van der Waals surface area contributed by atoms with Gasteiger partial charge in [-0.1, -0.05) is 18.2 Å². The van der Waals surface area contributed by atoms with E-state index in [-0.39, 0.29) is 29.7 Å². The molecule has 2 unspecified atom stereocenters. The van der Waals surface area contributed by atoms with Crippen molar-refractivity contribution in [1.82, 2.24) is 15.5 Å². The van der Waals surface area contributed by atoms with Crippen LogP contribution in [0.4, 0.5) is 4.79 Å². The van der Waals surface area contributed by atoms with Gasteiger partial charge in [-0.05, 0) is 78.0 Å². The van der Waals surface area contributed by atoms with Gasteiger partial charge in [-0.15, -0.1) is 0 Å². The zero-order valence-corrected chi connectivity index (χ0v) is 21.1. The number of carbonyl (C=O) groups excluding carboxylic acids is 3. The van der Waals surface area contributed by atoms with Crippen LogP contribution in [0.25, 0.3) is 0 Å². The van der Waals surface area contributed by atoms with Crippen LogP contribution in [0.15, 0.2) is 18.2 Å². The number of benzene rings is 1. The van der Waals surface area contributed by atoms with Crippen molar-refractivity contribution in [3.8, 4) is 0 Å². The highest BCUT2D eigenvalue weighted by Crippen LogP contribution is 2.36. The number of hydrogen-bond acceptors (Lipinski definition) is 5. The first-order valence-electron chi connectivity index (χ1n) is 11.1. The lowest BCUT2D eigenvalue weighted by molar-refractivity contribution is -0.143. The monoisotopic (exact) mass is 463 g/mol. The number of amides is 3. The van der Waals surface area contributed by atoms with Crippen molar-refractivity contribution in [2.45, 2.75) is 91.1 Å². The first kappa shape index (κ1) is 26.0. The summed E-state index contributed by atoms with van der Waals surface area (Å²) in [6.45, 7) is 13.0. The normalized spacial score (nSPS) is 15.7. The molecule has 7 nitrogen and oxygen atoms in total. The molecule has 2 rings (SSSR count). The average molecular weight is 464 g/mol. The van der Waals surface area contributed by atoms with E-state index in [0.29, 0.717) is 0 Å². The van der Waals surface area contributed by atoms with E-state index >= 15 is 0 Å². The van der Waals surface area contributed by atoms with Crippen LogP contribution < -0.4 is 10.6 Å². The van der Waals surface area contributed by atoms with Crippen molar-refractivity contribution in [3.63, 3.8) is 0 Å². The summed E-state index contributed by atoms with van der Waals surface area (Å²) in [6.07, 6.45) is 0.941. The number of hydrogen-bond donors (Lipinski definition) is 3. The number of aryl methyl sites for hydroxylation is 2. The molecule has 1 aromatic carbocycles. The smallest absolute Gasteiger partial charge is 0.408 e. The zero-order chi connectivity index (χ0) is 24.2. The molecule has 0 saturated heterocycles. The fraction of sp³-hybridized carbons (Fsp3) is 0.625. The Balaban J connectivity index is 2.40. The van der Waals surface area contributed by atoms with Crippen molar-refractivity contribution in [1.29, 1.82) is 0 Å². The summed E-state index contributed by atoms with van der Waals surface area (Å²) in [5.41, 5.74) is 2.22. The van der Waals surface area contributed by atoms with Crippen molar-refractivity contribution in [2.24, 2.45) is 0 Å². The lowest BCUT2D eigenvalue weighted by Gasteiger charge is -2.35. The van der Waals surface area contributed by atoms with Crippen molar-refractivity contribution in [3.05, 3.63) is 34.9 Å². The number of alkyl carbamates (subject to hydrolysis) is 1. The quantitative estimate of drug-likeness (QED) is 0.513. The van der Waals surface area contributed by atoms with Gasteiger partial charge < -0.3 is 20.3 Å². The van der Waals surface area contributed by atoms with Gasteiger partial charge in [-0.25, -0.2) is 4.79 Å². The van der Waals surface area contributed by atoms with E-state index in [9.17, 15) is 14.4 Å². The molecule has 3 amide bonds. The molecule has 0 heterocycles. The lowest BCUT2D eigenvalue weighted by atomic mass is 9.98. The van der Waals surface area contributed by atoms with Crippen LogP contribution in [0.5, 0.6) is 0 Å². The number of thiol groups is 1. The minimum absolute atomic E-state index is 0.0603. The van der Waals surface area contributed by atoms with Gasteiger partial charge in [0.25, 0.3) is 0 Å². The maximum absolute atomic E-state index is 13.6. The molecule has 0 aliphatic heterocycles. The highest BCUT2D eigenvalue weighted by Gasteiger charge is 2.44. The SMILES string of the molecule is Cc1ccc(C(C(=O)NC(C)C)N(C(=O)C(CS)NC(=O)OC(C)(C)C)C2CC2)cc1C. The second kappa shape index (κ2) is 10.6. The van der Waals surface area contributed by atoms with Gasteiger partial charge in [-0.2, -0.15) is 12.6 Å². The van der Waals surface area contributed by atoms with Crippen LogP contribution in [0.3, 0.4) is 0 Å². The van der Waals surface area contributed by atoms with E-state index in [1.807, 2.05) is 45.9 Å². The molecule has 1 fully saturated rings. The molecule has 1 aromatic rings. The highest BCUT2D eigenvalue weighted by atomic mass is 32.1. The molecular weight excluding hydrogens is 426 g/mol. The van der Waals surface area contributed by atoms with E-state index in [1.165, 1.54) is 0 Å². The van der Waals surface area contributed by atoms with Crippen LogP contribution in [-0.4, -0.2) is 52.3 Å². The van der Waals surface area contributed by atoms with Gasteiger partial charge >= 0.3 is 6.09 Å². The standard InChI is InChI=1S/C24H37N3O4S/c1-14(2)25-21(28)20(17-9-8-15(3)16(4)12-17)27(18-10-11-18)22(29)19(13-32)26-23(30)31-24(5,6)7/h8-9,12,14,18-20,32H,10-11,13H2,1-7H3,(H,25,28)(H,26,30). The van der Waals surface area contributed by atoms with Gasteiger partial charge in [0.05, 0.1) is 0 Å². The van der Waals surface area contributed by atoms with Crippen LogP contribution in [0.1, 0.15) is 70.2 Å². The third kappa shape index (κ3) is 7.15. The molecule has 1 aliphatic rings. The molecule has 1 saturated carbocycles. The molecule has 0 aromatic heterocycles. The number of carbonyl (C=O) groups is 3. The van der Waals surface area contributed by atoms with Crippen LogP contribution in [-0.2, 0) is 14.3 Å². The Morgan fingerprint density at radius 1 is 1.12 bits per heavy atom. The van der Waals surface area contributed by atoms with E-state index < -0.39 is 23.8 Å². The Hall–Kier alpha value is -2.22. The molecule has 0 spiro atoms. The van der Waals surface area contributed by atoms with Gasteiger partial charge in [-0.3, -0.25) is 9.59 Å². The zero-order valence-electron chi connectivity index (χ0n) is 20.2. The van der Waals surface area contributed by atoms with Gasteiger partial charge in [0.1, 0.15) is 17.7 Å². The van der Waals surface area contributed by atoms with E-state index in [4.69, 9.17) is 4.74 Å². The largest absolute Gasteiger partial charge is 0.444 e. The third-order valence-electron chi connectivity index (χ3n) is 5.17. The summed E-state index contributed by atoms with van der Waals surface area (Å²) in [4.78, 5) is 40.9. The summed E-state index contributed by atoms with van der Waals surface area (Å²) >= 11 is 4.30. The van der Waals surface area contributed by atoms with Crippen LogP contribution >= 0.6 is 12.6 Å². The average Bonchev–Trinajstić information content (AvgIpc) is 3.48. The first-order chi connectivity index (χ1) is 14.8. The second-order valence-corrected chi connectivity index (χ2v) is 10.1. The molecule has 178 valence electrons. The Morgan fingerprint density at radius 3 is 2.22 bits per heavy atom. The molecule has 2 N–H and O–H groups in total. The molecule has 2 atom stereocenters. The van der Waals surface area contributed by atoms with E-state index in [0.717, 1.165) is 29.5 Å². The van der Waals surface area contributed by atoms with Crippen molar-refractivity contribution >= 4 is 30.5 Å². The number of rotatable bonds is 8. The van der Waals surface area contributed by atoms with E-state index in [2.05, 4.69) is 23.3 Å². The summed E-state index contributed by atoms with van der Waals surface area (Å²) in [5.74, 6) is -0.485. The minimum atomic E-state index is -0.908. The van der Waals surface area contributed by atoms with Gasteiger partial charge in [0, 0.05) is 17.8 Å². The molecule has 0 bridgehead atoms. The van der Waals surface area contributed by atoms with E-state index in [1.54, 1.807) is 25.7 Å². The fourth-order valence-electron chi connectivity index (χ4n) is 3.42. The van der Waals surface area contributed by atoms with Gasteiger partial charge in [0.2, 0.25) is 11.8 Å². The lowest BCUT2D eigenvalue weighted by Crippen LogP contribution is -2.55. The summed E-state index contributed by atoms with van der Waals surface area (Å²) in [6, 6.07) is 3.98. The minimum Gasteiger partial charge on any atom is -0.444 e. The fourth-order valence-corrected chi connectivity index (χ4v) is 3.67. The molecular formula is C24H37N3O4S. The Morgan fingerprint density at radius 2 is 1.75 bits per heavy atom. The predicted molar refractivity (Wildman–Crippen MR) is 129 cm³/mol. The van der Waals surface area contributed by atoms with Gasteiger partial charge in [0.15, 0.2) is 0 Å². The van der Waals surface area contributed by atoms with Crippen LogP contribution in [0, 0.1) is 13.8 Å². The maximum Gasteiger partial charge on any atom is 0.408 e. The predicted octanol–water partition coefficient (Wildman–Crippen LogP) is 3.68. The Labute approximate surface area is 197 Å². The summed E-state index contributed by atoms with van der Waals surface area (Å²) in [7, 11) is 0. The number of ether oxygens (including phenoxy) is 1. The van der Waals surface area contributed by atoms with Crippen molar-refractivity contribution < 1.29 is 19.1 Å². The molecule has 0 radical (unpaired) electrons. The maximum atomic E-state index is 13.6. The number of nitrogens with one attached hydrogen (secondary N) is 2. The Bertz CT molecular complexity index is 846. The third-order valence-corrected chi connectivity index (χ3v) is 5.54. The second-order valence-electron chi connectivity index (χ2n) is 9.77. The number of nitrogens with zero attached hydrogens (tertiary/aromatic N) is 1. The Kier molecular flexibility index (Phi) is 8.62. The highest BCUT2D eigenvalue weighted by molar-refractivity contribution is 7.80. The topological polar surface area (TPSA) is 87.7 Å². The van der Waals surface area contributed by atoms with Crippen LogP contribution in [0.2, 0.25) is 0 Å². The molecule has 32 heavy (non-hydrogen) atoms. The molecule has 1 aliphatic carbocycles. The van der Waals surface area contributed by atoms with Crippen molar-refractivity contribution in [2.75, 3.05) is 5.75 Å².